The van der Waals surface area contributed by atoms with Gasteiger partial charge in [-0.25, -0.2) is 0 Å². The third kappa shape index (κ3) is 14.5. The highest BCUT2D eigenvalue weighted by atomic mass is 35.5. The first-order valence-corrected chi connectivity index (χ1v) is 16.7. The van der Waals surface area contributed by atoms with E-state index >= 15 is 0 Å². The largest absolute Gasteiger partial charge is 0.382 e. The molecule has 1 aliphatic heterocycles. The number of carbonyl (C=O) groups excluding carboxylic acids is 2. The number of Topliss-reactive ketones (excluding diaryl/α,β-unsaturated/α-hetero) is 1. The molecule has 0 saturated heterocycles. The number of fused-ring (bicyclic) bond motifs is 1. The number of nitrogens with one attached hydrogen (secondary N) is 2. The van der Waals surface area contributed by atoms with Crippen LogP contribution in [0.4, 0.5) is 0 Å². The first-order valence-electron chi connectivity index (χ1n) is 15.9. The Morgan fingerprint density at radius 2 is 1.62 bits per heavy atom. The molecular weight excluding hydrogens is 617 g/mol. The number of likely N-dealkylation sites (N-methyl/N-ethyl adjacent to an activating group) is 1. The molecule has 0 radical (unpaired) electrons. The summed E-state index contributed by atoms with van der Waals surface area (Å²) in [6.07, 6.45) is 1.63. The third-order valence-electron chi connectivity index (χ3n) is 7.49. The molecule has 0 aromatic heterocycles. The lowest BCUT2D eigenvalue weighted by Crippen LogP contribution is -2.31. The average molecular weight is 667 g/mol. The Labute approximate surface area is 278 Å². The fourth-order valence-corrected chi connectivity index (χ4v) is 5.78. The fourth-order valence-electron chi connectivity index (χ4n) is 5.21. The van der Waals surface area contributed by atoms with Gasteiger partial charge in [-0.05, 0) is 54.8 Å². The normalized spacial score (nSPS) is 14.8. The van der Waals surface area contributed by atoms with E-state index < -0.39 is 0 Å². The van der Waals surface area contributed by atoms with Gasteiger partial charge in [-0.1, -0.05) is 47.5 Å². The monoisotopic (exact) mass is 665 g/mol. The van der Waals surface area contributed by atoms with Crippen molar-refractivity contribution < 1.29 is 28.5 Å². The first-order chi connectivity index (χ1) is 21.9. The Balaban J connectivity index is 1.17. The van der Waals surface area contributed by atoms with Gasteiger partial charge in [-0.15, -0.1) is 0 Å². The topological polar surface area (TPSA) is 98.4 Å². The molecule has 2 aromatic carbocycles. The number of halogens is 2. The van der Waals surface area contributed by atoms with E-state index in [9.17, 15) is 9.59 Å². The summed E-state index contributed by atoms with van der Waals surface area (Å²) < 4.78 is 21.9. The summed E-state index contributed by atoms with van der Waals surface area (Å²) in [5.41, 5.74) is 4.85. The van der Waals surface area contributed by atoms with Crippen LogP contribution in [0.25, 0.3) is 0 Å². The summed E-state index contributed by atoms with van der Waals surface area (Å²) in [6, 6.07) is 12.6. The van der Waals surface area contributed by atoms with Crippen molar-refractivity contribution in [3.63, 3.8) is 0 Å². The zero-order valence-corrected chi connectivity index (χ0v) is 28.2. The van der Waals surface area contributed by atoms with Crippen molar-refractivity contribution in [3.8, 4) is 0 Å². The van der Waals surface area contributed by atoms with Crippen molar-refractivity contribution in [2.45, 2.75) is 51.6 Å². The zero-order chi connectivity index (χ0) is 32.3. The molecule has 2 N–H and O–H groups in total. The minimum absolute atomic E-state index is 0.0905. The van der Waals surface area contributed by atoms with Gasteiger partial charge >= 0.3 is 0 Å². The third-order valence-corrected chi connectivity index (χ3v) is 8.05. The van der Waals surface area contributed by atoms with Gasteiger partial charge in [0.2, 0.25) is 5.91 Å². The highest BCUT2D eigenvalue weighted by Gasteiger charge is 2.27. The molecule has 3 rings (SSSR count). The van der Waals surface area contributed by atoms with Gasteiger partial charge in [0.05, 0.1) is 39.6 Å². The molecule has 45 heavy (non-hydrogen) atoms. The highest BCUT2D eigenvalue weighted by molar-refractivity contribution is 6.35. The van der Waals surface area contributed by atoms with Crippen LogP contribution in [0, 0.1) is 0 Å². The lowest BCUT2D eigenvalue weighted by Gasteiger charge is -2.33. The van der Waals surface area contributed by atoms with Crippen molar-refractivity contribution in [3.05, 3.63) is 68.7 Å². The summed E-state index contributed by atoms with van der Waals surface area (Å²) in [5, 5.41) is 7.63. The Bertz CT molecular complexity index is 1180. The van der Waals surface area contributed by atoms with Crippen LogP contribution in [0.1, 0.15) is 60.8 Å². The van der Waals surface area contributed by atoms with Crippen LogP contribution in [-0.4, -0.2) is 96.1 Å². The number of carbonyl (C=O) groups is 2. The predicted molar refractivity (Wildman–Crippen MR) is 178 cm³/mol. The highest BCUT2D eigenvalue weighted by Crippen LogP contribution is 2.38. The molecule has 0 fully saturated rings. The number of nitrogens with zero attached hydrogens (tertiary/aromatic N) is 1. The van der Waals surface area contributed by atoms with Gasteiger partial charge in [0.15, 0.2) is 0 Å². The molecule has 0 aliphatic carbocycles. The van der Waals surface area contributed by atoms with E-state index in [-0.39, 0.29) is 30.4 Å². The van der Waals surface area contributed by atoms with Crippen molar-refractivity contribution in [1.82, 2.24) is 15.5 Å². The number of hydrogen-bond acceptors (Lipinski definition) is 8. The van der Waals surface area contributed by atoms with E-state index in [0.717, 1.165) is 36.8 Å². The maximum atomic E-state index is 11.8. The second-order valence-corrected chi connectivity index (χ2v) is 12.0. The molecule has 0 bridgehead atoms. The van der Waals surface area contributed by atoms with E-state index in [1.54, 1.807) is 0 Å². The van der Waals surface area contributed by atoms with Crippen molar-refractivity contribution in [2.75, 3.05) is 79.5 Å². The second-order valence-electron chi connectivity index (χ2n) is 11.2. The summed E-state index contributed by atoms with van der Waals surface area (Å²) in [6.45, 7) is 9.70. The number of ether oxygens (including phenoxy) is 4. The molecular formula is C34H49Cl2N3O6. The van der Waals surface area contributed by atoms with Gasteiger partial charge in [0, 0.05) is 81.2 Å². The van der Waals surface area contributed by atoms with Gasteiger partial charge < -0.3 is 34.5 Å². The van der Waals surface area contributed by atoms with Crippen LogP contribution in [0.5, 0.6) is 0 Å². The summed E-state index contributed by atoms with van der Waals surface area (Å²) in [7, 11) is 2.12. The molecule has 1 aliphatic rings. The Morgan fingerprint density at radius 1 is 0.889 bits per heavy atom. The number of benzene rings is 2. The van der Waals surface area contributed by atoms with Gasteiger partial charge in [0.1, 0.15) is 5.78 Å². The number of amides is 1. The molecule has 9 nitrogen and oxygen atoms in total. The van der Waals surface area contributed by atoms with Crippen LogP contribution < -0.4 is 10.6 Å². The van der Waals surface area contributed by atoms with Crippen molar-refractivity contribution in [1.29, 1.82) is 0 Å². The van der Waals surface area contributed by atoms with E-state index in [1.165, 1.54) is 16.7 Å². The summed E-state index contributed by atoms with van der Waals surface area (Å²) in [5.74, 6) is 0.176. The molecule has 2 aromatic rings. The fraction of sp³-hybridized carbons (Fsp3) is 0.588. The minimum Gasteiger partial charge on any atom is -0.382 e. The lowest BCUT2D eigenvalue weighted by molar-refractivity contribution is -0.125. The Hall–Kier alpha value is -2.08. The Kier molecular flexibility index (Phi) is 18.0. The number of ketones is 1. The average Bonchev–Trinajstić information content (AvgIpc) is 3.02. The Morgan fingerprint density at radius 3 is 2.38 bits per heavy atom. The maximum Gasteiger partial charge on any atom is 0.220 e. The predicted octanol–water partition coefficient (Wildman–Crippen LogP) is 4.99. The van der Waals surface area contributed by atoms with Crippen molar-refractivity contribution >= 4 is 34.9 Å². The van der Waals surface area contributed by atoms with Crippen LogP contribution in [0.15, 0.2) is 36.4 Å². The van der Waals surface area contributed by atoms with Gasteiger partial charge in [-0.3, -0.25) is 9.59 Å². The zero-order valence-electron chi connectivity index (χ0n) is 26.7. The van der Waals surface area contributed by atoms with E-state index in [2.05, 4.69) is 52.9 Å². The molecule has 0 spiro atoms. The SMILES string of the molecule is CCOCCCC(=O)CCC(=O)NCCOCCOCCOCCNCc1cccc(C2CN(C)Cc3c(Cl)cc(Cl)cc32)c1. The van der Waals surface area contributed by atoms with E-state index in [0.29, 0.717) is 77.3 Å². The molecule has 1 unspecified atom stereocenters. The standard InChI is InChI=1S/C34H49Cl2N3O6/c1-3-42-13-5-8-29(40)9-10-34(41)38-12-15-44-17-19-45-18-16-43-14-11-37-23-26-6-4-7-27(20-26)31-24-39(2)25-32-30(31)21-28(35)22-33(32)36/h4,6-7,20-22,31,37H,3,5,8-19,23-25H2,1-2H3,(H,38,41). The minimum atomic E-state index is -0.136. The molecule has 11 heteroatoms. The van der Waals surface area contributed by atoms with E-state index in [1.807, 2.05) is 13.0 Å². The number of rotatable bonds is 23. The summed E-state index contributed by atoms with van der Waals surface area (Å²) >= 11 is 12.9. The van der Waals surface area contributed by atoms with Gasteiger partial charge in [-0.2, -0.15) is 0 Å². The quantitative estimate of drug-likeness (QED) is 0.160. The van der Waals surface area contributed by atoms with Crippen LogP contribution in [0.3, 0.4) is 0 Å². The van der Waals surface area contributed by atoms with Crippen molar-refractivity contribution in [2.24, 2.45) is 0 Å². The van der Waals surface area contributed by atoms with Gasteiger partial charge in [0.25, 0.3) is 0 Å². The second kappa shape index (κ2) is 21.7. The molecule has 250 valence electrons. The van der Waals surface area contributed by atoms with Crippen LogP contribution in [-0.2, 0) is 41.6 Å². The molecule has 1 amide bonds. The molecule has 1 atom stereocenters. The summed E-state index contributed by atoms with van der Waals surface area (Å²) in [4.78, 5) is 25.9. The van der Waals surface area contributed by atoms with Crippen LogP contribution >= 0.6 is 23.2 Å². The smallest absolute Gasteiger partial charge is 0.220 e. The molecule has 0 saturated carbocycles. The number of hydrogen-bond donors (Lipinski definition) is 2. The first kappa shape index (κ1) is 37.4. The maximum absolute atomic E-state index is 11.8. The lowest BCUT2D eigenvalue weighted by atomic mass is 9.84. The molecule has 1 heterocycles. The van der Waals surface area contributed by atoms with Crippen LogP contribution in [0.2, 0.25) is 10.0 Å². The van der Waals surface area contributed by atoms with E-state index in [4.69, 9.17) is 42.1 Å².